The van der Waals surface area contributed by atoms with E-state index in [1.165, 1.54) is 4.31 Å². The molecule has 1 aliphatic rings. The molecule has 1 N–H and O–H groups in total. The molecular weight excluding hydrogens is 400 g/mol. The Morgan fingerprint density at radius 2 is 1.93 bits per heavy atom. The molecule has 1 fully saturated rings. The number of rotatable bonds is 6. The van der Waals surface area contributed by atoms with E-state index in [2.05, 4.69) is 5.32 Å². The van der Waals surface area contributed by atoms with Crippen molar-refractivity contribution in [3.63, 3.8) is 0 Å². The Balaban J connectivity index is 1.75. The number of sulfonamides is 1. The van der Waals surface area contributed by atoms with E-state index in [9.17, 15) is 13.2 Å². The molecule has 6 nitrogen and oxygen atoms in total. The number of aryl methyl sites for hydroxylation is 2. The van der Waals surface area contributed by atoms with Crippen LogP contribution in [0.25, 0.3) is 0 Å². The largest absolute Gasteiger partial charge is 0.494 e. The van der Waals surface area contributed by atoms with Gasteiger partial charge in [0.2, 0.25) is 15.9 Å². The lowest BCUT2D eigenvalue weighted by Gasteiger charge is -2.31. The van der Waals surface area contributed by atoms with Gasteiger partial charge in [0.1, 0.15) is 5.75 Å². The number of nitrogens with one attached hydrogen (secondary N) is 1. The van der Waals surface area contributed by atoms with Gasteiger partial charge in [0, 0.05) is 18.8 Å². The quantitative estimate of drug-likeness (QED) is 0.750. The third-order valence-corrected chi connectivity index (χ3v) is 7.56. The van der Waals surface area contributed by atoms with Gasteiger partial charge in [-0.25, -0.2) is 8.42 Å². The van der Waals surface area contributed by atoms with Crippen molar-refractivity contribution in [3.8, 4) is 5.75 Å². The number of benzene rings is 2. The molecule has 2 aromatic carbocycles. The van der Waals surface area contributed by atoms with E-state index in [0.717, 1.165) is 22.4 Å². The summed E-state index contributed by atoms with van der Waals surface area (Å²) >= 11 is 0. The summed E-state index contributed by atoms with van der Waals surface area (Å²) in [5.41, 5.74) is 3.68. The Hall–Kier alpha value is -2.38. The third-order valence-electron chi connectivity index (χ3n) is 5.70. The summed E-state index contributed by atoms with van der Waals surface area (Å²) in [7, 11) is -3.67. The highest BCUT2D eigenvalue weighted by atomic mass is 32.2. The molecule has 0 bridgehead atoms. The first-order valence-electron chi connectivity index (χ1n) is 10.3. The van der Waals surface area contributed by atoms with Gasteiger partial charge in [0.15, 0.2) is 0 Å². The van der Waals surface area contributed by atoms with Crippen LogP contribution in [0.4, 0.5) is 5.69 Å². The highest BCUT2D eigenvalue weighted by molar-refractivity contribution is 7.89. The Morgan fingerprint density at radius 3 is 2.63 bits per heavy atom. The topological polar surface area (TPSA) is 75.7 Å². The molecule has 1 heterocycles. The SMILES string of the molecule is CCOc1ccc(S(=O)(=O)N2CCC[C@@H](C(=O)Nc3cccc(C)c3C)C2)cc1C. The van der Waals surface area contributed by atoms with Gasteiger partial charge >= 0.3 is 0 Å². The van der Waals surface area contributed by atoms with Crippen LogP contribution in [0.5, 0.6) is 5.75 Å². The van der Waals surface area contributed by atoms with E-state index in [4.69, 9.17) is 4.74 Å². The third kappa shape index (κ3) is 4.68. The number of ether oxygens (including phenoxy) is 1. The van der Waals surface area contributed by atoms with Crippen molar-refractivity contribution in [1.29, 1.82) is 0 Å². The van der Waals surface area contributed by atoms with Crippen molar-refractivity contribution in [3.05, 3.63) is 53.1 Å². The highest BCUT2D eigenvalue weighted by Crippen LogP contribution is 2.28. The van der Waals surface area contributed by atoms with Crippen molar-refractivity contribution in [1.82, 2.24) is 4.31 Å². The maximum atomic E-state index is 13.2. The van der Waals surface area contributed by atoms with E-state index >= 15 is 0 Å². The summed E-state index contributed by atoms with van der Waals surface area (Å²) in [6.07, 6.45) is 1.32. The zero-order valence-electron chi connectivity index (χ0n) is 18.1. The summed E-state index contributed by atoms with van der Waals surface area (Å²) in [5, 5.41) is 2.99. The molecule has 2 aromatic rings. The Labute approximate surface area is 179 Å². The van der Waals surface area contributed by atoms with E-state index in [-0.39, 0.29) is 23.3 Å². The molecule has 7 heteroatoms. The number of carbonyl (C=O) groups is 1. The minimum atomic E-state index is -3.67. The second kappa shape index (κ2) is 9.18. The zero-order valence-corrected chi connectivity index (χ0v) is 18.9. The molecule has 0 radical (unpaired) electrons. The fourth-order valence-corrected chi connectivity index (χ4v) is 5.35. The lowest BCUT2D eigenvalue weighted by molar-refractivity contribution is -0.120. The molecule has 3 rings (SSSR count). The Kier molecular flexibility index (Phi) is 6.83. The van der Waals surface area contributed by atoms with Crippen LogP contribution in [-0.4, -0.2) is 38.3 Å². The van der Waals surface area contributed by atoms with Gasteiger partial charge in [-0.1, -0.05) is 12.1 Å². The van der Waals surface area contributed by atoms with Crippen LogP contribution in [0.2, 0.25) is 0 Å². The van der Waals surface area contributed by atoms with Crippen LogP contribution < -0.4 is 10.1 Å². The molecule has 0 aliphatic carbocycles. The van der Waals surface area contributed by atoms with E-state index < -0.39 is 10.0 Å². The standard InChI is InChI=1S/C23H30N2O4S/c1-5-29-22-12-11-20(14-17(22)3)30(27,28)25-13-7-9-19(15-25)23(26)24-21-10-6-8-16(2)18(21)4/h6,8,10-12,14,19H,5,7,9,13,15H2,1-4H3,(H,24,26)/t19-/m1/s1. The van der Waals surface area contributed by atoms with Crippen LogP contribution in [-0.2, 0) is 14.8 Å². The Morgan fingerprint density at radius 1 is 1.17 bits per heavy atom. The first-order valence-corrected chi connectivity index (χ1v) is 11.8. The molecule has 0 aromatic heterocycles. The Bertz CT molecular complexity index is 1030. The first kappa shape index (κ1) is 22.3. The summed E-state index contributed by atoms with van der Waals surface area (Å²) in [5.74, 6) is 0.171. The molecule has 0 saturated carbocycles. The van der Waals surface area contributed by atoms with Crippen molar-refractivity contribution in [2.75, 3.05) is 25.0 Å². The van der Waals surface area contributed by atoms with Crippen LogP contribution >= 0.6 is 0 Å². The molecule has 0 spiro atoms. The molecule has 0 unspecified atom stereocenters. The van der Waals surface area contributed by atoms with Crippen molar-refractivity contribution < 1.29 is 17.9 Å². The zero-order chi connectivity index (χ0) is 21.9. The molecular formula is C23H30N2O4S. The average Bonchev–Trinajstić information content (AvgIpc) is 2.73. The fraction of sp³-hybridized carbons (Fsp3) is 0.435. The predicted octanol–water partition coefficient (Wildman–Crippen LogP) is 4.05. The van der Waals surface area contributed by atoms with Crippen LogP contribution in [0.3, 0.4) is 0 Å². The maximum absolute atomic E-state index is 13.2. The fourth-order valence-electron chi connectivity index (χ4n) is 3.74. The summed E-state index contributed by atoms with van der Waals surface area (Å²) in [4.78, 5) is 13.1. The van der Waals surface area contributed by atoms with Gasteiger partial charge in [0.05, 0.1) is 17.4 Å². The van der Waals surface area contributed by atoms with Gasteiger partial charge in [-0.15, -0.1) is 0 Å². The molecule has 30 heavy (non-hydrogen) atoms. The second-order valence-corrected chi connectivity index (χ2v) is 9.74. The van der Waals surface area contributed by atoms with Crippen molar-refractivity contribution in [2.45, 2.75) is 45.4 Å². The number of carbonyl (C=O) groups excluding carboxylic acids is 1. The summed E-state index contributed by atoms with van der Waals surface area (Å²) in [6.45, 7) is 8.82. The van der Waals surface area contributed by atoms with Crippen molar-refractivity contribution in [2.24, 2.45) is 5.92 Å². The van der Waals surface area contributed by atoms with E-state index in [1.807, 2.05) is 45.9 Å². The van der Waals surface area contributed by atoms with E-state index in [1.54, 1.807) is 18.2 Å². The van der Waals surface area contributed by atoms with Gasteiger partial charge in [-0.2, -0.15) is 4.31 Å². The van der Waals surface area contributed by atoms with Gasteiger partial charge in [0.25, 0.3) is 0 Å². The number of nitrogens with zero attached hydrogens (tertiary/aromatic N) is 1. The average molecular weight is 431 g/mol. The smallest absolute Gasteiger partial charge is 0.243 e. The van der Waals surface area contributed by atoms with Gasteiger partial charge in [-0.3, -0.25) is 4.79 Å². The molecule has 162 valence electrons. The number of hydrogen-bond acceptors (Lipinski definition) is 4. The van der Waals surface area contributed by atoms with Crippen LogP contribution in [0, 0.1) is 26.7 Å². The normalized spacial score (nSPS) is 17.5. The number of amides is 1. The molecule has 1 amide bonds. The lowest BCUT2D eigenvalue weighted by atomic mass is 9.98. The highest BCUT2D eigenvalue weighted by Gasteiger charge is 2.33. The van der Waals surface area contributed by atoms with Gasteiger partial charge in [-0.05, 0) is 81.5 Å². The summed E-state index contributed by atoms with van der Waals surface area (Å²) in [6, 6.07) is 10.7. The molecule has 1 atom stereocenters. The maximum Gasteiger partial charge on any atom is 0.243 e. The summed E-state index contributed by atoms with van der Waals surface area (Å²) < 4.78 is 33.3. The minimum Gasteiger partial charge on any atom is -0.494 e. The number of hydrogen-bond donors (Lipinski definition) is 1. The van der Waals surface area contributed by atoms with E-state index in [0.29, 0.717) is 31.7 Å². The molecule has 1 saturated heterocycles. The van der Waals surface area contributed by atoms with Gasteiger partial charge < -0.3 is 10.1 Å². The number of piperidine rings is 1. The monoisotopic (exact) mass is 430 g/mol. The van der Waals surface area contributed by atoms with Crippen LogP contribution in [0.1, 0.15) is 36.5 Å². The second-order valence-electron chi connectivity index (χ2n) is 7.80. The first-order chi connectivity index (χ1) is 14.2. The lowest BCUT2D eigenvalue weighted by Crippen LogP contribution is -2.43. The van der Waals surface area contributed by atoms with Crippen molar-refractivity contribution >= 4 is 21.6 Å². The minimum absolute atomic E-state index is 0.133. The molecule has 1 aliphatic heterocycles. The number of anilines is 1. The van der Waals surface area contributed by atoms with Crippen LogP contribution in [0.15, 0.2) is 41.3 Å². The predicted molar refractivity (Wildman–Crippen MR) is 118 cm³/mol.